The lowest BCUT2D eigenvalue weighted by atomic mass is 9.49. The van der Waals surface area contributed by atoms with Crippen LogP contribution in [0.15, 0.2) is 35.5 Å². The fourth-order valence-electron chi connectivity index (χ4n) is 7.88. The molecule has 8 unspecified atom stereocenters. The van der Waals surface area contributed by atoms with Crippen LogP contribution in [0, 0.1) is 40.4 Å². The number of hydrogen-bond donors (Lipinski definition) is 1. The lowest BCUT2D eigenvalue weighted by molar-refractivity contribution is -0.151. The Morgan fingerprint density at radius 2 is 1.81 bits per heavy atom. The van der Waals surface area contributed by atoms with Gasteiger partial charge in [-0.1, -0.05) is 71.4 Å². The lowest BCUT2D eigenvalue weighted by Crippen LogP contribution is -2.58. The molecule has 0 saturated heterocycles. The zero-order valence-electron chi connectivity index (χ0n) is 21.1. The molecule has 0 radical (unpaired) electrons. The molecule has 2 heteroatoms. The van der Waals surface area contributed by atoms with Crippen molar-refractivity contribution < 1.29 is 9.84 Å². The summed E-state index contributed by atoms with van der Waals surface area (Å²) in [5.41, 5.74) is 3.50. The van der Waals surface area contributed by atoms with Crippen LogP contribution in [0.2, 0.25) is 0 Å². The van der Waals surface area contributed by atoms with Gasteiger partial charge in [0.2, 0.25) is 0 Å². The molecule has 2 saturated carbocycles. The maximum absolute atomic E-state index is 10.4. The predicted octanol–water partition coefficient (Wildman–Crippen LogP) is 7.10. The van der Waals surface area contributed by atoms with E-state index in [0.717, 1.165) is 25.2 Å². The topological polar surface area (TPSA) is 29.5 Å². The van der Waals surface area contributed by atoms with Crippen molar-refractivity contribution in [1.29, 1.82) is 0 Å². The molecular formula is C29H46O2. The largest absolute Gasteiger partial charge is 0.393 e. The summed E-state index contributed by atoms with van der Waals surface area (Å²) in [7, 11) is 1.85. The van der Waals surface area contributed by atoms with Crippen LogP contribution in [0.25, 0.3) is 0 Å². The fourth-order valence-corrected chi connectivity index (χ4v) is 7.88. The summed E-state index contributed by atoms with van der Waals surface area (Å²) in [6, 6.07) is 0. The Balaban J connectivity index is 1.67. The second-order valence-corrected chi connectivity index (χ2v) is 12.2. The molecule has 2 fully saturated rings. The normalized spacial score (nSPS) is 44.4. The van der Waals surface area contributed by atoms with Gasteiger partial charge in [0.1, 0.15) is 0 Å². The van der Waals surface area contributed by atoms with Crippen molar-refractivity contribution >= 4 is 0 Å². The molecule has 2 nitrogen and oxygen atoms in total. The maximum atomic E-state index is 10.4. The van der Waals surface area contributed by atoms with E-state index in [2.05, 4.69) is 65.8 Å². The van der Waals surface area contributed by atoms with E-state index in [1.165, 1.54) is 25.7 Å². The summed E-state index contributed by atoms with van der Waals surface area (Å²) in [5, 5.41) is 10.4. The van der Waals surface area contributed by atoms with Gasteiger partial charge < -0.3 is 9.84 Å². The first kappa shape index (κ1) is 23.3. The third-order valence-corrected chi connectivity index (χ3v) is 10.5. The first-order valence-electron chi connectivity index (χ1n) is 12.9. The molecule has 174 valence electrons. The zero-order valence-corrected chi connectivity index (χ0v) is 21.1. The van der Waals surface area contributed by atoms with Crippen molar-refractivity contribution in [1.82, 2.24) is 0 Å². The molecule has 0 aromatic carbocycles. The third-order valence-electron chi connectivity index (χ3n) is 10.5. The number of hydrogen-bond acceptors (Lipinski definition) is 2. The van der Waals surface area contributed by atoms with E-state index in [1.54, 1.807) is 11.1 Å². The number of methoxy groups -OCH3 is 1. The van der Waals surface area contributed by atoms with Crippen LogP contribution in [0.3, 0.4) is 0 Å². The van der Waals surface area contributed by atoms with E-state index in [0.29, 0.717) is 29.1 Å². The molecule has 4 aliphatic carbocycles. The fraction of sp³-hybridized carbons (Fsp3) is 0.793. The molecule has 0 aromatic rings. The van der Waals surface area contributed by atoms with E-state index < -0.39 is 0 Å². The Bertz CT molecular complexity index is 776. The molecule has 8 atom stereocenters. The van der Waals surface area contributed by atoms with Gasteiger partial charge in [0.05, 0.1) is 11.7 Å². The smallest absolute Gasteiger partial charge is 0.0945 e. The van der Waals surface area contributed by atoms with Gasteiger partial charge in [0, 0.05) is 18.9 Å². The molecule has 0 heterocycles. The Labute approximate surface area is 191 Å². The summed E-state index contributed by atoms with van der Waals surface area (Å²) < 4.78 is 6.20. The Kier molecular flexibility index (Phi) is 6.14. The number of aliphatic hydroxyl groups is 1. The first-order valence-corrected chi connectivity index (χ1v) is 12.9. The highest BCUT2D eigenvalue weighted by molar-refractivity contribution is 5.44. The maximum Gasteiger partial charge on any atom is 0.0945 e. The van der Waals surface area contributed by atoms with Gasteiger partial charge in [0.25, 0.3) is 0 Å². The first-order chi connectivity index (χ1) is 14.6. The third kappa shape index (κ3) is 3.52. The van der Waals surface area contributed by atoms with Gasteiger partial charge in [-0.25, -0.2) is 0 Å². The molecule has 0 amide bonds. The minimum atomic E-state index is -0.311. The molecular weight excluding hydrogens is 380 g/mol. The quantitative estimate of drug-likeness (QED) is 0.475. The van der Waals surface area contributed by atoms with Gasteiger partial charge in [-0.3, -0.25) is 0 Å². The van der Waals surface area contributed by atoms with Crippen molar-refractivity contribution in [3.8, 4) is 0 Å². The Hall–Kier alpha value is -0.860. The van der Waals surface area contributed by atoms with Crippen LogP contribution in [0.4, 0.5) is 0 Å². The number of aliphatic hydroxyl groups excluding tert-OH is 1. The van der Waals surface area contributed by atoms with Crippen LogP contribution in [-0.2, 0) is 4.74 Å². The van der Waals surface area contributed by atoms with Crippen molar-refractivity contribution in [3.63, 3.8) is 0 Å². The zero-order chi connectivity index (χ0) is 22.6. The number of allylic oxidation sites excluding steroid dienone is 5. The van der Waals surface area contributed by atoms with Crippen LogP contribution in [0.1, 0.15) is 86.5 Å². The molecule has 4 rings (SSSR count). The van der Waals surface area contributed by atoms with Gasteiger partial charge in [-0.2, -0.15) is 0 Å². The highest BCUT2D eigenvalue weighted by Gasteiger charge is 2.60. The molecule has 0 aromatic heterocycles. The molecule has 0 aliphatic heterocycles. The summed E-state index contributed by atoms with van der Waals surface area (Å²) >= 11 is 0. The molecule has 1 N–H and O–H groups in total. The minimum absolute atomic E-state index is 0.0930. The average molecular weight is 427 g/mol. The van der Waals surface area contributed by atoms with Crippen molar-refractivity contribution in [2.24, 2.45) is 40.4 Å². The molecule has 31 heavy (non-hydrogen) atoms. The number of fused-ring (bicyclic) bond motifs is 4. The van der Waals surface area contributed by atoms with Gasteiger partial charge in [-0.15, -0.1) is 0 Å². The summed E-state index contributed by atoms with van der Waals surface area (Å²) in [6.07, 6.45) is 17.3. The minimum Gasteiger partial charge on any atom is -0.393 e. The molecule has 0 bridgehead atoms. The van der Waals surface area contributed by atoms with Crippen molar-refractivity contribution in [2.75, 3.05) is 7.11 Å². The van der Waals surface area contributed by atoms with Gasteiger partial charge in [0.15, 0.2) is 0 Å². The summed E-state index contributed by atoms with van der Waals surface area (Å²) in [6.45, 7) is 14.5. The van der Waals surface area contributed by atoms with E-state index in [9.17, 15) is 5.11 Å². The van der Waals surface area contributed by atoms with E-state index in [4.69, 9.17) is 4.74 Å². The van der Waals surface area contributed by atoms with E-state index >= 15 is 0 Å². The highest BCUT2D eigenvalue weighted by atomic mass is 16.5. The average Bonchev–Trinajstić information content (AvgIpc) is 3.09. The second kappa shape index (κ2) is 8.17. The number of ether oxygens (including phenoxy) is 1. The summed E-state index contributed by atoms with van der Waals surface area (Å²) in [4.78, 5) is 0. The van der Waals surface area contributed by atoms with E-state index in [1.807, 2.05) is 7.11 Å². The standard InChI is InChI=1S/C29H46O2/c1-19(2)20(3)8-9-21(4)24-10-11-25-23-13-17-29(31-7)18-22(30)12-16-28(29,6)26(23)14-15-27(24,25)5/h8-9,13,17,19-22,24,26,30H,10-12,14-16,18H2,1-7H3. The Morgan fingerprint density at radius 1 is 1.06 bits per heavy atom. The Morgan fingerprint density at radius 3 is 2.48 bits per heavy atom. The molecule has 0 spiro atoms. The van der Waals surface area contributed by atoms with Crippen molar-refractivity contribution in [3.05, 3.63) is 35.5 Å². The number of rotatable bonds is 5. The highest BCUT2D eigenvalue weighted by Crippen LogP contribution is 2.65. The summed E-state index contributed by atoms with van der Waals surface area (Å²) in [5.74, 6) is 3.30. The molecule has 4 aliphatic rings. The lowest BCUT2D eigenvalue weighted by Gasteiger charge is -2.59. The van der Waals surface area contributed by atoms with Crippen LogP contribution >= 0.6 is 0 Å². The van der Waals surface area contributed by atoms with Crippen LogP contribution in [0.5, 0.6) is 0 Å². The van der Waals surface area contributed by atoms with Gasteiger partial charge >= 0.3 is 0 Å². The second-order valence-electron chi connectivity index (χ2n) is 12.2. The van der Waals surface area contributed by atoms with Gasteiger partial charge in [-0.05, 0) is 79.1 Å². The van der Waals surface area contributed by atoms with Crippen LogP contribution < -0.4 is 0 Å². The SMILES string of the molecule is COC12C=CC3=C4CCC(C(C)C=CC(C)C(C)C)C4(C)CCC3C1(C)CCC(O)C2. The van der Waals surface area contributed by atoms with Crippen molar-refractivity contribution in [2.45, 2.75) is 98.2 Å². The van der Waals surface area contributed by atoms with E-state index in [-0.39, 0.29) is 17.1 Å². The monoisotopic (exact) mass is 426 g/mol. The van der Waals surface area contributed by atoms with Crippen LogP contribution in [-0.4, -0.2) is 23.9 Å². The predicted molar refractivity (Wildman–Crippen MR) is 130 cm³/mol.